The molecule has 4 aliphatic rings. The first-order valence-corrected chi connectivity index (χ1v) is 20.6. The second-order valence-corrected chi connectivity index (χ2v) is 19.0. The van der Waals surface area contributed by atoms with Gasteiger partial charge < -0.3 is 39.4 Å². The van der Waals surface area contributed by atoms with Crippen molar-refractivity contribution < 1.29 is 46.5 Å². The van der Waals surface area contributed by atoms with Crippen LogP contribution in [0.1, 0.15) is 67.2 Å². The highest BCUT2D eigenvalue weighted by molar-refractivity contribution is 7.91. The van der Waals surface area contributed by atoms with Crippen LogP contribution < -0.4 is 29.7 Å². The van der Waals surface area contributed by atoms with Crippen LogP contribution in [0.3, 0.4) is 0 Å². The molecule has 3 heterocycles. The maximum Gasteiger partial charge on any atom is 0.408 e. The lowest BCUT2D eigenvalue weighted by atomic mass is 9.85. The minimum absolute atomic E-state index is 0.00118. The van der Waals surface area contributed by atoms with Gasteiger partial charge in [0.05, 0.1) is 32.1 Å². The molecule has 2 saturated carbocycles. The third-order valence-electron chi connectivity index (χ3n) is 10.5. The van der Waals surface area contributed by atoms with Gasteiger partial charge in [-0.2, -0.15) is 4.98 Å². The molecule has 4 amide bonds. The van der Waals surface area contributed by atoms with Crippen molar-refractivity contribution in [1.29, 1.82) is 0 Å². The summed E-state index contributed by atoms with van der Waals surface area (Å²) < 4.78 is 50.9. The number of morpholine rings is 1. The summed E-state index contributed by atoms with van der Waals surface area (Å²) >= 11 is 0. The van der Waals surface area contributed by atoms with E-state index in [0.29, 0.717) is 62.0 Å². The molecule has 16 nitrogen and oxygen atoms in total. The first kappa shape index (κ1) is 41.0. The molecule has 4 fully saturated rings. The number of ether oxygens (including phenoxy) is 4. The molecule has 6 rings (SSSR count). The number of carbonyl (C=O) groups excluding carboxylic acids is 4. The number of nitrogens with zero attached hydrogens (tertiary/aromatic N) is 3. The summed E-state index contributed by atoms with van der Waals surface area (Å²) in [7, 11) is -2.33. The molecular weight excluding hydrogens is 745 g/mol. The van der Waals surface area contributed by atoms with Crippen LogP contribution in [0.15, 0.2) is 36.9 Å². The van der Waals surface area contributed by atoms with E-state index in [1.807, 2.05) is 18.2 Å². The van der Waals surface area contributed by atoms with Gasteiger partial charge in [-0.15, -0.1) is 6.58 Å². The van der Waals surface area contributed by atoms with Gasteiger partial charge in [-0.25, -0.2) is 13.2 Å². The van der Waals surface area contributed by atoms with Crippen LogP contribution in [0.4, 0.5) is 10.6 Å². The van der Waals surface area contributed by atoms with Gasteiger partial charge >= 0.3 is 6.09 Å². The number of hydrogen-bond donors (Lipinski definition) is 3. The zero-order chi connectivity index (χ0) is 40.8. The van der Waals surface area contributed by atoms with E-state index in [4.69, 9.17) is 23.9 Å². The van der Waals surface area contributed by atoms with Crippen molar-refractivity contribution >= 4 is 50.4 Å². The number of aromatic nitrogens is 1. The SMILES string of the molecule is C=C[C@@H]1C[C@]1(NC(=O)[C@@H]1C[C@@H](Oc2nc(N3CCOCC3)cc3cc(OC)ccc23)CN1C(=O)[C@@H](NC(=O)OC(C)(C)C)C(C)(C)C)C(=O)NS(=O)(=O)C1CC1. The Labute approximate surface area is 328 Å². The monoisotopic (exact) mass is 798 g/mol. The maximum absolute atomic E-state index is 14.7. The predicted octanol–water partition coefficient (Wildman–Crippen LogP) is 3.04. The fourth-order valence-electron chi connectivity index (χ4n) is 7.15. The quantitative estimate of drug-likeness (QED) is 0.266. The molecule has 2 aliphatic heterocycles. The second kappa shape index (κ2) is 15.4. The number of sulfonamides is 1. The number of nitrogens with one attached hydrogen (secondary N) is 3. The van der Waals surface area contributed by atoms with Crippen molar-refractivity contribution in [3.05, 3.63) is 36.9 Å². The van der Waals surface area contributed by atoms with Crippen LogP contribution in [0.5, 0.6) is 11.6 Å². The number of rotatable bonds is 12. The van der Waals surface area contributed by atoms with Crippen LogP contribution in [-0.2, 0) is 33.9 Å². The minimum atomic E-state index is -3.92. The van der Waals surface area contributed by atoms with E-state index in [1.165, 1.54) is 11.0 Å². The smallest absolute Gasteiger partial charge is 0.408 e. The lowest BCUT2D eigenvalue weighted by molar-refractivity contribution is -0.143. The summed E-state index contributed by atoms with van der Waals surface area (Å²) in [6.07, 6.45) is 0.972. The average molecular weight is 799 g/mol. The summed E-state index contributed by atoms with van der Waals surface area (Å²) in [5.74, 6) is -1.03. The minimum Gasteiger partial charge on any atom is -0.497 e. The number of fused-ring (bicyclic) bond motifs is 1. The molecule has 3 N–H and O–H groups in total. The number of amides is 4. The Morgan fingerprint density at radius 3 is 2.36 bits per heavy atom. The Morgan fingerprint density at radius 1 is 1.07 bits per heavy atom. The number of alkyl carbamates (subject to hydrolysis) is 1. The van der Waals surface area contributed by atoms with Gasteiger partial charge in [0.1, 0.15) is 40.9 Å². The summed E-state index contributed by atoms with van der Waals surface area (Å²) in [6, 6.07) is 5.15. The zero-order valence-corrected chi connectivity index (χ0v) is 34.0. The molecule has 2 saturated heterocycles. The molecule has 17 heteroatoms. The molecular formula is C39H54N6O10S. The summed E-state index contributed by atoms with van der Waals surface area (Å²) in [6.45, 7) is 16.5. The first-order chi connectivity index (χ1) is 26.2. The summed E-state index contributed by atoms with van der Waals surface area (Å²) in [5.41, 5.74) is -3.25. The molecule has 1 aromatic carbocycles. The van der Waals surface area contributed by atoms with Crippen LogP contribution in [0.2, 0.25) is 0 Å². The molecule has 1 aromatic heterocycles. The fourth-order valence-corrected chi connectivity index (χ4v) is 8.52. The molecule has 5 atom stereocenters. The fraction of sp³-hybridized carbons (Fsp3) is 0.615. The maximum atomic E-state index is 14.7. The van der Waals surface area contributed by atoms with Gasteiger partial charge in [-0.3, -0.25) is 19.1 Å². The normalized spacial score (nSPS) is 24.5. The summed E-state index contributed by atoms with van der Waals surface area (Å²) in [5, 5.41) is 6.37. The van der Waals surface area contributed by atoms with Crippen molar-refractivity contribution in [2.24, 2.45) is 11.3 Å². The molecule has 0 unspecified atom stereocenters. The molecule has 2 aromatic rings. The largest absolute Gasteiger partial charge is 0.497 e. The number of hydrogen-bond acceptors (Lipinski definition) is 12. The Balaban J connectivity index is 1.33. The topological polar surface area (TPSA) is 195 Å². The van der Waals surface area contributed by atoms with Crippen LogP contribution in [-0.4, -0.2) is 117 Å². The van der Waals surface area contributed by atoms with E-state index in [9.17, 15) is 27.6 Å². The van der Waals surface area contributed by atoms with Gasteiger partial charge in [0.25, 0.3) is 5.91 Å². The van der Waals surface area contributed by atoms with Crippen molar-refractivity contribution in [2.45, 2.75) is 102 Å². The number of anilines is 1. The van der Waals surface area contributed by atoms with Crippen molar-refractivity contribution in [3.8, 4) is 11.6 Å². The van der Waals surface area contributed by atoms with E-state index in [1.54, 1.807) is 54.7 Å². The molecule has 56 heavy (non-hydrogen) atoms. The number of benzene rings is 1. The third-order valence-corrected chi connectivity index (χ3v) is 12.3. The number of methoxy groups -OCH3 is 1. The van der Waals surface area contributed by atoms with Gasteiger partial charge in [0, 0.05) is 30.8 Å². The van der Waals surface area contributed by atoms with Crippen LogP contribution >= 0.6 is 0 Å². The van der Waals surface area contributed by atoms with Gasteiger partial charge in [-0.05, 0) is 75.1 Å². The van der Waals surface area contributed by atoms with Crippen LogP contribution in [0, 0.1) is 11.3 Å². The molecule has 2 aliphatic carbocycles. The Morgan fingerprint density at radius 2 is 1.77 bits per heavy atom. The predicted molar refractivity (Wildman–Crippen MR) is 208 cm³/mol. The average Bonchev–Trinajstić information content (AvgIpc) is 4.06. The van der Waals surface area contributed by atoms with Crippen molar-refractivity contribution in [1.82, 2.24) is 25.2 Å². The van der Waals surface area contributed by atoms with Gasteiger partial charge in [0.15, 0.2) is 0 Å². The van der Waals surface area contributed by atoms with Crippen molar-refractivity contribution in [2.75, 3.05) is 44.9 Å². The molecule has 0 spiro atoms. The highest BCUT2D eigenvalue weighted by Crippen LogP contribution is 2.46. The van der Waals surface area contributed by atoms with Crippen molar-refractivity contribution in [3.63, 3.8) is 0 Å². The second-order valence-electron chi connectivity index (χ2n) is 17.1. The van der Waals surface area contributed by atoms with Crippen LogP contribution in [0.25, 0.3) is 10.8 Å². The lowest BCUT2D eigenvalue weighted by Crippen LogP contribution is -2.60. The molecule has 306 valence electrons. The zero-order valence-electron chi connectivity index (χ0n) is 33.2. The lowest BCUT2D eigenvalue weighted by Gasteiger charge is -2.36. The highest BCUT2D eigenvalue weighted by Gasteiger charge is 2.62. The highest BCUT2D eigenvalue weighted by atomic mass is 32.2. The van der Waals surface area contributed by atoms with E-state index < -0.39 is 79.7 Å². The molecule has 0 radical (unpaired) electrons. The number of carbonyl (C=O) groups is 4. The van der Waals surface area contributed by atoms with E-state index in [-0.39, 0.29) is 19.4 Å². The number of pyridine rings is 1. The molecule has 0 bridgehead atoms. The van der Waals surface area contributed by atoms with E-state index in [2.05, 4.69) is 26.8 Å². The Kier molecular flexibility index (Phi) is 11.3. The van der Waals surface area contributed by atoms with Gasteiger partial charge in [-0.1, -0.05) is 26.8 Å². The summed E-state index contributed by atoms with van der Waals surface area (Å²) in [4.78, 5) is 64.1. The Bertz CT molecular complexity index is 1990. The standard InChI is InChI=1S/C39H54N6O10S/c1-9-24-21-39(24,35(48)43-56(50,51)27-11-12-27)42-32(46)29-20-26(22-45(29)34(47)31(37(2,3)4)41-36(49)55-38(5,6)7)54-33-28-13-10-25(52-8)18-23(28)19-30(40-33)44-14-16-53-17-15-44/h9-10,13,18-19,24,26-27,29,31H,1,11-12,14-17,20-22H2,2-8H3,(H,41,49)(H,42,46)(H,43,48)/t24-,26-,29+,31-,39-/m1/s1. The van der Waals surface area contributed by atoms with Gasteiger partial charge in [0.2, 0.25) is 27.7 Å². The Hall–Kier alpha value is -4.64. The number of likely N-dealkylation sites (tertiary alicyclic amines) is 1. The third kappa shape index (κ3) is 8.98. The van der Waals surface area contributed by atoms with E-state index >= 15 is 0 Å². The first-order valence-electron chi connectivity index (χ1n) is 19.0. The van der Waals surface area contributed by atoms with E-state index in [0.717, 1.165) is 5.39 Å².